The van der Waals surface area contributed by atoms with Crippen LogP contribution in [0.1, 0.15) is 21.5 Å². The fourth-order valence-electron chi connectivity index (χ4n) is 3.76. The second-order valence-electron chi connectivity index (χ2n) is 7.64. The molecule has 0 aliphatic rings. The van der Waals surface area contributed by atoms with Crippen molar-refractivity contribution >= 4 is 5.91 Å². The Morgan fingerprint density at radius 1 is 0.909 bits per heavy atom. The van der Waals surface area contributed by atoms with E-state index in [2.05, 4.69) is 34.7 Å². The maximum absolute atomic E-state index is 13.0. The molecule has 3 aromatic carbocycles. The van der Waals surface area contributed by atoms with E-state index in [1.54, 1.807) is 20.4 Å². The van der Waals surface area contributed by atoms with Gasteiger partial charge in [-0.15, -0.1) is 0 Å². The molecule has 33 heavy (non-hydrogen) atoms. The smallest absolute Gasteiger partial charge is 0.251 e. The van der Waals surface area contributed by atoms with E-state index in [9.17, 15) is 4.79 Å². The molecule has 1 heterocycles. The van der Waals surface area contributed by atoms with Crippen molar-refractivity contribution in [1.82, 2.24) is 15.1 Å². The molecule has 0 saturated heterocycles. The van der Waals surface area contributed by atoms with Gasteiger partial charge in [-0.2, -0.15) is 5.10 Å². The predicted molar refractivity (Wildman–Crippen MR) is 129 cm³/mol. The number of nitrogens with one attached hydrogen (secondary N) is 1. The highest BCUT2D eigenvalue weighted by Crippen LogP contribution is 2.28. The zero-order valence-electron chi connectivity index (χ0n) is 18.8. The molecular formula is C27H27N3O3. The SMILES string of the molecule is COc1ccc(CCNC(=O)c2ccccc2-c2ccc(Cn3cccn3)cc2)cc1OC. The first kappa shape index (κ1) is 22.1. The number of amides is 1. The fourth-order valence-corrected chi connectivity index (χ4v) is 3.76. The van der Waals surface area contributed by atoms with Crippen LogP contribution in [0.25, 0.3) is 11.1 Å². The van der Waals surface area contributed by atoms with Crippen molar-refractivity contribution in [3.8, 4) is 22.6 Å². The number of ether oxygens (including phenoxy) is 2. The Morgan fingerprint density at radius 3 is 2.39 bits per heavy atom. The normalized spacial score (nSPS) is 10.6. The molecule has 168 valence electrons. The summed E-state index contributed by atoms with van der Waals surface area (Å²) in [5.74, 6) is 1.28. The predicted octanol–water partition coefficient (Wildman–Crippen LogP) is 4.59. The van der Waals surface area contributed by atoms with Gasteiger partial charge >= 0.3 is 0 Å². The van der Waals surface area contributed by atoms with Crippen molar-refractivity contribution in [2.75, 3.05) is 20.8 Å². The van der Waals surface area contributed by atoms with Crippen LogP contribution < -0.4 is 14.8 Å². The molecule has 4 aromatic rings. The molecule has 6 heteroatoms. The zero-order chi connectivity index (χ0) is 23.0. The third-order valence-corrected chi connectivity index (χ3v) is 5.49. The van der Waals surface area contributed by atoms with Gasteiger partial charge in [0.25, 0.3) is 5.91 Å². The molecule has 1 N–H and O–H groups in total. The van der Waals surface area contributed by atoms with Gasteiger partial charge in [-0.3, -0.25) is 9.48 Å². The van der Waals surface area contributed by atoms with Gasteiger partial charge in [-0.25, -0.2) is 0 Å². The zero-order valence-corrected chi connectivity index (χ0v) is 18.8. The number of benzene rings is 3. The van der Waals surface area contributed by atoms with Gasteiger partial charge in [-0.1, -0.05) is 48.5 Å². The number of rotatable bonds is 9. The number of carbonyl (C=O) groups is 1. The first-order valence-electron chi connectivity index (χ1n) is 10.8. The summed E-state index contributed by atoms with van der Waals surface area (Å²) in [6.07, 6.45) is 4.40. The van der Waals surface area contributed by atoms with Crippen molar-refractivity contribution in [2.24, 2.45) is 0 Å². The highest BCUT2D eigenvalue weighted by Gasteiger charge is 2.12. The van der Waals surface area contributed by atoms with Crippen LogP contribution >= 0.6 is 0 Å². The summed E-state index contributed by atoms with van der Waals surface area (Å²) in [7, 11) is 3.23. The van der Waals surface area contributed by atoms with Crippen LogP contribution in [-0.4, -0.2) is 36.5 Å². The number of nitrogens with zero attached hydrogens (tertiary/aromatic N) is 2. The van der Waals surface area contributed by atoms with Gasteiger partial charge in [-0.05, 0) is 52.9 Å². The molecule has 0 atom stereocenters. The third-order valence-electron chi connectivity index (χ3n) is 5.49. The van der Waals surface area contributed by atoms with E-state index in [0.29, 0.717) is 36.6 Å². The maximum atomic E-state index is 13.0. The Bertz CT molecular complexity index is 1200. The second-order valence-corrected chi connectivity index (χ2v) is 7.64. The summed E-state index contributed by atoms with van der Waals surface area (Å²) in [4.78, 5) is 13.0. The summed E-state index contributed by atoms with van der Waals surface area (Å²) < 4.78 is 12.5. The third kappa shape index (κ3) is 5.41. The van der Waals surface area contributed by atoms with Gasteiger partial charge in [0, 0.05) is 24.5 Å². The molecule has 1 amide bonds. The summed E-state index contributed by atoms with van der Waals surface area (Å²) >= 11 is 0. The molecule has 0 saturated carbocycles. The van der Waals surface area contributed by atoms with Crippen molar-refractivity contribution in [1.29, 1.82) is 0 Å². The van der Waals surface area contributed by atoms with Crippen molar-refractivity contribution in [3.05, 3.63) is 102 Å². The minimum Gasteiger partial charge on any atom is -0.493 e. The second kappa shape index (κ2) is 10.5. The van der Waals surface area contributed by atoms with Crippen LogP contribution in [0.3, 0.4) is 0 Å². The van der Waals surface area contributed by atoms with Gasteiger partial charge in [0.15, 0.2) is 11.5 Å². The molecule has 0 aliphatic carbocycles. The number of hydrogen-bond acceptors (Lipinski definition) is 4. The minimum atomic E-state index is -0.0910. The first-order valence-corrected chi connectivity index (χ1v) is 10.8. The summed E-state index contributed by atoms with van der Waals surface area (Å²) in [6, 6.07) is 23.6. The Morgan fingerprint density at radius 2 is 1.67 bits per heavy atom. The molecular weight excluding hydrogens is 414 g/mol. The van der Waals surface area contributed by atoms with E-state index < -0.39 is 0 Å². The lowest BCUT2D eigenvalue weighted by molar-refractivity contribution is 0.0955. The number of aromatic nitrogens is 2. The maximum Gasteiger partial charge on any atom is 0.251 e. The quantitative estimate of drug-likeness (QED) is 0.413. The molecule has 1 aromatic heterocycles. The van der Waals surface area contributed by atoms with Crippen molar-refractivity contribution in [2.45, 2.75) is 13.0 Å². The molecule has 0 fully saturated rings. The van der Waals surface area contributed by atoms with Crippen LogP contribution in [0.15, 0.2) is 85.2 Å². The molecule has 4 rings (SSSR count). The highest BCUT2D eigenvalue weighted by molar-refractivity contribution is 6.00. The number of methoxy groups -OCH3 is 2. The Balaban J connectivity index is 1.42. The van der Waals surface area contributed by atoms with Crippen LogP contribution in [0.2, 0.25) is 0 Å². The van der Waals surface area contributed by atoms with Crippen LogP contribution in [0, 0.1) is 0 Å². The average Bonchev–Trinajstić information content (AvgIpc) is 3.37. The van der Waals surface area contributed by atoms with Gasteiger partial charge in [0.2, 0.25) is 0 Å². The largest absolute Gasteiger partial charge is 0.493 e. The molecule has 0 radical (unpaired) electrons. The molecule has 6 nitrogen and oxygen atoms in total. The lowest BCUT2D eigenvalue weighted by Crippen LogP contribution is -2.26. The molecule has 0 unspecified atom stereocenters. The van der Waals surface area contributed by atoms with Crippen LogP contribution in [0.4, 0.5) is 0 Å². The van der Waals surface area contributed by atoms with Gasteiger partial charge < -0.3 is 14.8 Å². The van der Waals surface area contributed by atoms with Gasteiger partial charge in [0.1, 0.15) is 0 Å². The lowest BCUT2D eigenvalue weighted by Gasteiger charge is -2.12. The topological polar surface area (TPSA) is 65.4 Å². The van der Waals surface area contributed by atoms with Crippen molar-refractivity contribution in [3.63, 3.8) is 0 Å². The van der Waals surface area contributed by atoms with Crippen molar-refractivity contribution < 1.29 is 14.3 Å². The Hall–Kier alpha value is -4.06. The van der Waals surface area contributed by atoms with E-state index in [1.807, 2.05) is 59.4 Å². The summed E-state index contributed by atoms with van der Waals surface area (Å²) in [5, 5.41) is 7.29. The van der Waals surface area contributed by atoms with E-state index in [0.717, 1.165) is 22.3 Å². The Labute approximate surface area is 193 Å². The average molecular weight is 442 g/mol. The van der Waals surface area contributed by atoms with Crippen LogP contribution in [0.5, 0.6) is 11.5 Å². The van der Waals surface area contributed by atoms with E-state index in [-0.39, 0.29) is 5.91 Å². The minimum absolute atomic E-state index is 0.0910. The monoisotopic (exact) mass is 441 g/mol. The van der Waals surface area contributed by atoms with E-state index in [1.165, 1.54) is 0 Å². The summed E-state index contributed by atoms with van der Waals surface area (Å²) in [6.45, 7) is 1.23. The van der Waals surface area contributed by atoms with E-state index in [4.69, 9.17) is 9.47 Å². The Kier molecular flexibility index (Phi) is 7.05. The summed E-state index contributed by atoms with van der Waals surface area (Å²) in [5.41, 5.74) is 4.79. The number of carbonyl (C=O) groups excluding carboxylic acids is 1. The lowest BCUT2D eigenvalue weighted by atomic mass is 9.98. The van der Waals surface area contributed by atoms with Crippen LogP contribution in [-0.2, 0) is 13.0 Å². The standard InChI is InChI=1S/C27H27N3O3/c1-32-25-13-10-20(18-26(25)33-2)14-16-28-27(31)24-7-4-3-6-23(24)22-11-8-21(9-12-22)19-30-17-5-15-29-30/h3-13,15,17-18H,14,16,19H2,1-2H3,(H,28,31). The fraction of sp³-hybridized carbons (Fsp3) is 0.185. The molecule has 0 aliphatic heterocycles. The van der Waals surface area contributed by atoms with E-state index >= 15 is 0 Å². The molecule has 0 bridgehead atoms. The van der Waals surface area contributed by atoms with Gasteiger partial charge in [0.05, 0.1) is 20.8 Å². The molecule has 0 spiro atoms. The number of hydrogen-bond donors (Lipinski definition) is 1. The first-order chi connectivity index (χ1) is 16.2. The highest BCUT2D eigenvalue weighted by atomic mass is 16.5.